The first kappa shape index (κ1) is 16.0. The Morgan fingerprint density at radius 3 is 2.38 bits per heavy atom. The van der Waals surface area contributed by atoms with E-state index >= 15 is 0 Å². The van der Waals surface area contributed by atoms with E-state index in [0.29, 0.717) is 10.6 Å². The van der Waals surface area contributed by atoms with E-state index in [1.807, 2.05) is 19.9 Å². The highest BCUT2D eigenvalue weighted by Crippen LogP contribution is 2.30. The molecule has 3 nitrogen and oxygen atoms in total. The summed E-state index contributed by atoms with van der Waals surface area (Å²) in [6.45, 7) is 3.73. The molecule has 0 amide bonds. The van der Waals surface area contributed by atoms with Gasteiger partial charge in [0.1, 0.15) is 6.10 Å². The number of aliphatic hydroxyl groups is 1. The van der Waals surface area contributed by atoms with Gasteiger partial charge in [-0.3, -0.25) is 0 Å². The molecule has 0 aliphatic heterocycles. The summed E-state index contributed by atoms with van der Waals surface area (Å²) in [6.07, 6.45) is 0.263. The molecule has 2 rings (SSSR count). The molecule has 0 saturated carbocycles. The Bertz CT molecular complexity index is 782. The van der Waals surface area contributed by atoms with Crippen LogP contribution < -0.4 is 0 Å². The van der Waals surface area contributed by atoms with E-state index in [2.05, 4.69) is 0 Å². The summed E-state index contributed by atoms with van der Waals surface area (Å²) < 4.78 is 23.2. The normalized spacial score (nSPS) is 13.2. The van der Waals surface area contributed by atoms with Gasteiger partial charge in [0.15, 0.2) is 9.84 Å². The smallest absolute Gasteiger partial charge is 0.175 e. The maximum absolute atomic E-state index is 11.6. The Balaban J connectivity index is 2.50. The van der Waals surface area contributed by atoms with Crippen LogP contribution in [0.25, 0.3) is 0 Å². The van der Waals surface area contributed by atoms with Crippen molar-refractivity contribution in [3.05, 3.63) is 63.7 Å². The number of halogens is 1. The Hall–Kier alpha value is -1.36. The van der Waals surface area contributed by atoms with Gasteiger partial charge in [-0.2, -0.15) is 0 Å². The molecule has 2 aromatic rings. The number of sulfone groups is 1. The summed E-state index contributed by atoms with van der Waals surface area (Å²) in [5.74, 6) is 0. The fraction of sp³-hybridized carbons (Fsp3) is 0.250. The van der Waals surface area contributed by atoms with E-state index in [1.165, 1.54) is 12.1 Å². The van der Waals surface area contributed by atoms with Crippen molar-refractivity contribution in [2.24, 2.45) is 0 Å². The quantitative estimate of drug-likeness (QED) is 0.941. The lowest BCUT2D eigenvalue weighted by atomic mass is 9.96. The standard InChI is InChI=1S/C16H17ClO3S/c1-10-8-15(17)11(2)7-14(10)16(18)12-5-4-6-13(9-12)21(3,19)20/h4-9,16,18H,1-3H3. The first-order chi connectivity index (χ1) is 9.70. The molecule has 0 fully saturated rings. The van der Waals surface area contributed by atoms with Crippen LogP contribution in [0, 0.1) is 13.8 Å². The number of hydrogen-bond acceptors (Lipinski definition) is 3. The third-order valence-corrected chi connectivity index (χ3v) is 4.96. The SMILES string of the molecule is Cc1cc(C(O)c2cccc(S(C)(=O)=O)c2)c(C)cc1Cl. The van der Waals surface area contributed by atoms with Gasteiger partial charge in [-0.25, -0.2) is 8.42 Å². The lowest BCUT2D eigenvalue weighted by Crippen LogP contribution is -2.05. The van der Waals surface area contributed by atoms with E-state index < -0.39 is 15.9 Å². The van der Waals surface area contributed by atoms with Gasteiger partial charge in [0, 0.05) is 11.3 Å². The molecule has 0 radical (unpaired) electrons. The molecule has 0 saturated heterocycles. The average Bonchev–Trinajstić information content (AvgIpc) is 2.41. The van der Waals surface area contributed by atoms with Gasteiger partial charge in [-0.05, 0) is 54.3 Å². The average molecular weight is 325 g/mol. The molecular weight excluding hydrogens is 308 g/mol. The highest BCUT2D eigenvalue weighted by molar-refractivity contribution is 7.90. The molecule has 0 spiro atoms. The zero-order valence-corrected chi connectivity index (χ0v) is 13.7. The van der Waals surface area contributed by atoms with Crippen LogP contribution in [-0.4, -0.2) is 19.8 Å². The van der Waals surface area contributed by atoms with Crippen LogP contribution in [0.4, 0.5) is 0 Å². The Kier molecular flexibility index (Phi) is 4.42. The molecule has 1 atom stereocenters. The summed E-state index contributed by atoms with van der Waals surface area (Å²) in [5, 5.41) is 11.2. The first-order valence-corrected chi connectivity index (χ1v) is 8.72. The molecule has 1 N–H and O–H groups in total. The molecule has 112 valence electrons. The molecule has 0 aliphatic rings. The van der Waals surface area contributed by atoms with Crippen LogP contribution in [-0.2, 0) is 9.84 Å². The van der Waals surface area contributed by atoms with Gasteiger partial charge in [-0.15, -0.1) is 0 Å². The van der Waals surface area contributed by atoms with Crippen molar-refractivity contribution < 1.29 is 13.5 Å². The highest BCUT2D eigenvalue weighted by Gasteiger charge is 2.16. The number of benzene rings is 2. The van der Waals surface area contributed by atoms with Crippen molar-refractivity contribution in [2.45, 2.75) is 24.8 Å². The number of hydrogen-bond donors (Lipinski definition) is 1. The lowest BCUT2D eigenvalue weighted by Gasteiger charge is -2.16. The van der Waals surface area contributed by atoms with Crippen molar-refractivity contribution in [1.82, 2.24) is 0 Å². The highest BCUT2D eigenvalue weighted by atomic mass is 35.5. The van der Waals surface area contributed by atoms with E-state index in [1.54, 1.807) is 18.2 Å². The molecule has 1 unspecified atom stereocenters. The van der Waals surface area contributed by atoms with E-state index in [4.69, 9.17) is 11.6 Å². The maximum atomic E-state index is 11.6. The van der Waals surface area contributed by atoms with Crippen molar-refractivity contribution in [2.75, 3.05) is 6.26 Å². The van der Waals surface area contributed by atoms with Crippen LogP contribution in [0.2, 0.25) is 5.02 Å². The minimum absolute atomic E-state index is 0.197. The molecular formula is C16H17ClO3S. The van der Waals surface area contributed by atoms with Crippen LogP contribution in [0.1, 0.15) is 28.4 Å². The number of aryl methyl sites for hydroxylation is 2. The first-order valence-electron chi connectivity index (χ1n) is 6.45. The minimum Gasteiger partial charge on any atom is -0.384 e. The van der Waals surface area contributed by atoms with Crippen molar-refractivity contribution >= 4 is 21.4 Å². The third kappa shape index (κ3) is 3.46. The summed E-state index contributed by atoms with van der Waals surface area (Å²) in [6, 6.07) is 10.00. The van der Waals surface area contributed by atoms with Gasteiger partial charge >= 0.3 is 0 Å². The van der Waals surface area contributed by atoms with Gasteiger partial charge in [0.25, 0.3) is 0 Å². The fourth-order valence-corrected chi connectivity index (χ4v) is 3.09. The largest absolute Gasteiger partial charge is 0.384 e. The second-order valence-corrected chi connectivity index (χ2v) is 7.63. The number of rotatable bonds is 3. The Morgan fingerprint density at radius 2 is 1.76 bits per heavy atom. The van der Waals surface area contributed by atoms with Crippen molar-refractivity contribution in [3.8, 4) is 0 Å². The summed E-state index contributed by atoms with van der Waals surface area (Å²) in [7, 11) is -3.30. The summed E-state index contributed by atoms with van der Waals surface area (Å²) in [4.78, 5) is 0.197. The van der Waals surface area contributed by atoms with Gasteiger partial charge < -0.3 is 5.11 Å². The lowest BCUT2D eigenvalue weighted by molar-refractivity contribution is 0.219. The van der Waals surface area contributed by atoms with Crippen LogP contribution >= 0.6 is 11.6 Å². The zero-order valence-electron chi connectivity index (χ0n) is 12.1. The van der Waals surface area contributed by atoms with Gasteiger partial charge in [0.05, 0.1) is 4.90 Å². The fourth-order valence-electron chi connectivity index (χ4n) is 2.19. The van der Waals surface area contributed by atoms with E-state index in [0.717, 1.165) is 22.9 Å². The predicted molar refractivity (Wildman–Crippen MR) is 84.5 cm³/mol. The van der Waals surface area contributed by atoms with E-state index in [-0.39, 0.29) is 4.90 Å². The molecule has 2 aromatic carbocycles. The van der Waals surface area contributed by atoms with Gasteiger partial charge in [-0.1, -0.05) is 29.8 Å². The van der Waals surface area contributed by atoms with Crippen LogP contribution in [0.5, 0.6) is 0 Å². The van der Waals surface area contributed by atoms with Crippen molar-refractivity contribution in [3.63, 3.8) is 0 Å². The van der Waals surface area contributed by atoms with E-state index in [9.17, 15) is 13.5 Å². The predicted octanol–water partition coefficient (Wildman–Crippen LogP) is 3.44. The number of aliphatic hydroxyl groups excluding tert-OH is 1. The molecule has 5 heteroatoms. The second-order valence-electron chi connectivity index (χ2n) is 5.21. The topological polar surface area (TPSA) is 54.4 Å². The molecule has 0 bridgehead atoms. The van der Waals surface area contributed by atoms with Crippen LogP contribution in [0.3, 0.4) is 0 Å². The van der Waals surface area contributed by atoms with Crippen molar-refractivity contribution in [1.29, 1.82) is 0 Å². The minimum atomic E-state index is -3.30. The molecule has 21 heavy (non-hydrogen) atoms. The maximum Gasteiger partial charge on any atom is 0.175 e. The molecule has 0 aromatic heterocycles. The second kappa shape index (κ2) is 5.79. The third-order valence-electron chi connectivity index (χ3n) is 3.44. The molecule has 0 aliphatic carbocycles. The summed E-state index contributed by atoms with van der Waals surface area (Å²) in [5.41, 5.74) is 3.00. The monoisotopic (exact) mass is 324 g/mol. The Labute approximate surface area is 130 Å². The Morgan fingerprint density at radius 1 is 1.10 bits per heavy atom. The molecule has 0 heterocycles. The van der Waals surface area contributed by atoms with Gasteiger partial charge in [0.2, 0.25) is 0 Å². The van der Waals surface area contributed by atoms with Crippen LogP contribution in [0.15, 0.2) is 41.3 Å². The zero-order chi connectivity index (χ0) is 15.8. The summed E-state index contributed by atoms with van der Waals surface area (Å²) >= 11 is 6.06.